The molecule has 2 heteroatoms. The van der Waals surface area contributed by atoms with Crippen molar-refractivity contribution < 1.29 is 4.74 Å². The number of hydrogen-bond donors (Lipinski definition) is 0. The Kier molecular flexibility index (Phi) is 6.86. The highest BCUT2D eigenvalue weighted by atomic mass is 35.5. The minimum Gasteiger partial charge on any atom is -0.381 e. The SMILES string of the molecule is CCCOCCC(C)(C)CC(C)(C)CCl. The van der Waals surface area contributed by atoms with Crippen LogP contribution >= 0.6 is 11.6 Å². The summed E-state index contributed by atoms with van der Waals surface area (Å²) in [4.78, 5) is 0. The molecule has 0 unspecified atom stereocenters. The summed E-state index contributed by atoms with van der Waals surface area (Å²) in [6, 6.07) is 0. The lowest BCUT2D eigenvalue weighted by molar-refractivity contribution is 0.0887. The van der Waals surface area contributed by atoms with Crippen LogP contribution in [0.1, 0.15) is 53.9 Å². The summed E-state index contributed by atoms with van der Waals surface area (Å²) in [6.45, 7) is 13.0. The van der Waals surface area contributed by atoms with Crippen LogP contribution in [0.25, 0.3) is 0 Å². The van der Waals surface area contributed by atoms with E-state index in [0.717, 1.165) is 38.4 Å². The zero-order chi connectivity index (χ0) is 11.9. The lowest BCUT2D eigenvalue weighted by Gasteiger charge is -2.33. The van der Waals surface area contributed by atoms with Gasteiger partial charge in [0.2, 0.25) is 0 Å². The largest absolute Gasteiger partial charge is 0.381 e. The number of ether oxygens (including phenoxy) is 1. The number of halogens is 1. The van der Waals surface area contributed by atoms with Gasteiger partial charge >= 0.3 is 0 Å². The monoisotopic (exact) mass is 234 g/mol. The predicted octanol–water partition coefficient (Wildman–Crippen LogP) is 4.48. The Morgan fingerprint density at radius 2 is 1.60 bits per heavy atom. The molecule has 0 fully saturated rings. The number of hydrogen-bond acceptors (Lipinski definition) is 1. The lowest BCUT2D eigenvalue weighted by Crippen LogP contribution is -2.25. The summed E-state index contributed by atoms with van der Waals surface area (Å²) in [7, 11) is 0. The molecule has 0 aliphatic rings. The Morgan fingerprint density at radius 3 is 2.07 bits per heavy atom. The second-order valence-corrected chi connectivity index (χ2v) is 6.27. The molecule has 0 saturated carbocycles. The van der Waals surface area contributed by atoms with E-state index in [0.29, 0.717) is 5.41 Å². The Hall–Kier alpha value is 0.250. The maximum atomic E-state index is 5.95. The molecule has 0 atom stereocenters. The molecule has 0 aliphatic heterocycles. The second kappa shape index (κ2) is 6.75. The van der Waals surface area contributed by atoms with Crippen molar-refractivity contribution in [3.8, 4) is 0 Å². The predicted molar refractivity (Wildman–Crippen MR) is 68.6 cm³/mol. The van der Waals surface area contributed by atoms with Crippen LogP contribution in [0.15, 0.2) is 0 Å². The minimum absolute atomic E-state index is 0.232. The van der Waals surface area contributed by atoms with Crippen LogP contribution in [-0.2, 0) is 4.74 Å². The van der Waals surface area contributed by atoms with Gasteiger partial charge < -0.3 is 4.74 Å². The molecule has 0 saturated heterocycles. The van der Waals surface area contributed by atoms with E-state index >= 15 is 0 Å². The summed E-state index contributed by atoms with van der Waals surface area (Å²) >= 11 is 5.95. The molecule has 0 amide bonds. The van der Waals surface area contributed by atoms with Crippen molar-refractivity contribution in [2.75, 3.05) is 19.1 Å². The van der Waals surface area contributed by atoms with Crippen LogP contribution < -0.4 is 0 Å². The van der Waals surface area contributed by atoms with Gasteiger partial charge in [-0.25, -0.2) is 0 Å². The molecule has 92 valence electrons. The fourth-order valence-electron chi connectivity index (χ4n) is 2.03. The first-order valence-electron chi connectivity index (χ1n) is 5.97. The fourth-order valence-corrected chi connectivity index (χ4v) is 2.12. The highest BCUT2D eigenvalue weighted by Crippen LogP contribution is 2.36. The van der Waals surface area contributed by atoms with Gasteiger partial charge in [-0.1, -0.05) is 34.6 Å². The smallest absolute Gasteiger partial charge is 0.0471 e. The summed E-state index contributed by atoms with van der Waals surface area (Å²) in [5.41, 5.74) is 0.557. The molecule has 0 heterocycles. The molecule has 1 nitrogen and oxygen atoms in total. The molecule has 0 bridgehead atoms. The zero-order valence-corrected chi connectivity index (χ0v) is 11.8. The third-order valence-corrected chi connectivity index (χ3v) is 3.31. The van der Waals surface area contributed by atoms with E-state index in [4.69, 9.17) is 16.3 Å². The number of rotatable bonds is 8. The first kappa shape index (κ1) is 15.2. The Balaban J connectivity index is 3.85. The van der Waals surface area contributed by atoms with Gasteiger partial charge in [0.1, 0.15) is 0 Å². The quantitative estimate of drug-likeness (QED) is 0.444. The highest BCUT2D eigenvalue weighted by Gasteiger charge is 2.27. The zero-order valence-electron chi connectivity index (χ0n) is 11.0. The first-order chi connectivity index (χ1) is 6.83. The van der Waals surface area contributed by atoms with Gasteiger partial charge in [0.05, 0.1) is 0 Å². The lowest BCUT2D eigenvalue weighted by atomic mass is 9.74. The maximum Gasteiger partial charge on any atom is 0.0471 e. The first-order valence-corrected chi connectivity index (χ1v) is 6.50. The third kappa shape index (κ3) is 8.10. The van der Waals surface area contributed by atoms with E-state index in [1.165, 1.54) is 0 Å². The van der Waals surface area contributed by atoms with Crippen molar-refractivity contribution in [1.82, 2.24) is 0 Å². The van der Waals surface area contributed by atoms with E-state index in [2.05, 4.69) is 34.6 Å². The van der Waals surface area contributed by atoms with Gasteiger partial charge in [-0.15, -0.1) is 11.6 Å². The van der Waals surface area contributed by atoms with E-state index < -0.39 is 0 Å². The van der Waals surface area contributed by atoms with Crippen molar-refractivity contribution in [3.05, 3.63) is 0 Å². The van der Waals surface area contributed by atoms with E-state index in [1.54, 1.807) is 0 Å². The Morgan fingerprint density at radius 1 is 1.00 bits per heavy atom. The molecule has 0 rings (SSSR count). The second-order valence-electron chi connectivity index (χ2n) is 6.00. The molecule has 15 heavy (non-hydrogen) atoms. The van der Waals surface area contributed by atoms with Gasteiger partial charge in [0.15, 0.2) is 0 Å². The molecule has 0 N–H and O–H groups in total. The summed E-state index contributed by atoms with van der Waals surface area (Å²) in [5, 5.41) is 0. The average Bonchev–Trinajstić information content (AvgIpc) is 2.11. The molecule has 0 spiro atoms. The van der Waals surface area contributed by atoms with E-state index in [9.17, 15) is 0 Å². The van der Waals surface area contributed by atoms with Crippen LogP contribution in [0.4, 0.5) is 0 Å². The van der Waals surface area contributed by atoms with Crippen molar-refractivity contribution >= 4 is 11.6 Å². The summed E-state index contributed by atoms with van der Waals surface area (Å²) in [5.74, 6) is 0.728. The van der Waals surface area contributed by atoms with Crippen LogP contribution in [-0.4, -0.2) is 19.1 Å². The molecule has 0 aliphatic carbocycles. The third-order valence-electron chi connectivity index (χ3n) is 2.59. The molecule has 0 radical (unpaired) electrons. The van der Waals surface area contributed by atoms with Crippen LogP contribution in [0.5, 0.6) is 0 Å². The van der Waals surface area contributed by atoms with Gasteiger partial charge in [-0.2, -0.15) is 0 Å². The molecule has 0 aromatic heterocycles. The Labute approximate surface area is 101 Å². The minimum atomic E-state index is 0.232. The maximum absolute atomic E-state index is 5.95. The van der Waals surface area contributed by atoms with Crippen LogP contribution in [0.2, 0.25) is 0 Å². The summed E-state index contributed by atoms with van der Waals surface area (Å²) < 4.78 is 5.53. The number of alkyl halides is 1. The molecule has 0 aromatic rings. The van der Waals surface area contributed by atoms with E-state index in [1.807, 2.05) is 0 Å². The van der Waals surface area contributed by atoms with Crippen molar-refractivity contribution in [2.45, 2.75) is 53.9 Å². The molecule has 0 aromatic carbocycles. The molecular weight excluding hydrogens is 208 g/mol. The van der Waals surface area contributed by atoms with Crippen LogP contribution in [0.3, 0.4) is 0 Å². The highest BCUT2D eigenvalue weighted by molar-refractivity contribution is 6.18. The standard InChI is InChI=1S/C13H27ClO/c1-6-8-15-9-7-12(2,3)10-13(4,5)11-14/h6-11H2,1-5H3. The average molecular weight is 235 g/mol. The van der Waals surface area contributed by atoms with Gasteiger partial charge in [0, 0.05) is 19.1 Å². The molecular formula is C13H27ClO. The van der Waals surface area contributed by atoms with Gasteiger partial charge in [-0.3, -0.25) is 0 Å². The van der Waals surface area contributed by atoms with E-state index in [-0.39, 0.29) is 5.41 Å². The Bertz CT molecular complexity index is 164. The normalized spacial score (nSPS) is 13.2. The van der Waals surface area contributed by atoms with Crippen molar-refractivity contribution in [3.63, 3.8) is 0 Å². The fraction of sp³-hybridized carbons (Fsp3) is 1.00. The van der Waals surface area contributed by atoms with Gasteiger partial charge in [0.25, 0.3) is 0 Å². The van der Waals surface area contributed by atoms with Gasteiger partial charge in [-0.05, 0) is 30.1 Å². The van der Waals surface area contributed by atoms with Crippen molar-refractivity contribution in [2.24, 2.45) is 10.8 Å². The summed E-state index contributed by atoms with van der Waals surface area (Å²) in [6.07, 6.45) is 3.37. The van der Waals surface area contributed by atoms with Crippen LogP contribution in [0, 0.1) is 10.8 Å². The topological polar surface area (TPSA) is 9.23 Å². The van der Waals surface area contributed by atoms with Crippen molar-refractivity contribution in [1.29, 1.82) is 0 Å².